The van der Waals surface area contributed by atoms with Crippen LogP contribution in [0.5, 0.6) is 0 Å². The minimum Gasteiger partial charge on any atom is -0.478 e. The summed E-state index contributed by atoms with van der Waals surface area (Å²) in [6.45, 7) is 5.22. The molecule has 2 aromatic carbocycles. The largest absolute Gasteiger partial charge is 0.478 e. The van der Waals surface area contributed by atoms with E-state index in [9.17, 15) is 14.7 Å². The van der Waals surface area contributed by atoms with Crippen LogP contribution in [0, 0.1) is 17.8 Å². The van der Waals surface area contributed by atoms with Crippen LogP contribution in [-0.2, 0) is 10.2 Å². The highest BCUT2D eigenvalue weighted by molar-refractivity contribution is 6.33. The Morgan fingerprint density at radius 3 is 2.22 bits per heavy atom. The number of carbonyl (C=O) groups excluding carboxylic acids is 1. The number of anilines is 4. The summed E-state index contributed by atoms with van der Waals surface area (Å²) < 4.78 is 5.58. The lowest BCUT2D eigenvalue weighted by atomic mass is 9.48. The van der Waals surface area contributed by atoms with Crippen LogP contribution in [0.3, 0.4) is 0 Å². The average Bonchev–Trinajstić information content (AvgIpc) is 2.89. The highest BCUT2D eigenvalue weighted by atomic mass is 35.5. The van der Waals surface area contributed by atoms with E-state index in [-0.39, 0.29) is 22.5 Å². The van der Waals surface area contributed by atoms with Gasteiger partial charge in [-0.1, -0.05) is 29.8 Å². The highest BCUT2D eigenvalue weighted by Crippen LogP contribution is 2.61. The van der Waals surface area contributed by atoms with E-state index in [2.05, 4.69) is 27.4 Å². The van der Waals surface area contributed by atoms with Crippen LogP contribution in [-0.4, -0.2) is 32.7 Å². The van der Waals surface area contributed by atoms with Gasteiger partial charge in [0.05, 0.1) is 34.4 Å². The normalized spacial score (nSPS) is 24.6. The quantitative estimate of drug-likeness (QED) is 0.306. The number of nitrogens with one attached hydrogen (secondary N) is 1. The van der Waals surface area contributed by atoms with Crippen molar-refractivity contribution in [2.75, 3.05) is 10.2 Å². The number of carboxylic acids is 1. The van der Waals surface area contributed by atoms with Gasteiger partial charge >= 0.3 is 12.1 Å². The molecule has 7 rings (SSSR count). The summed E-state index contributed by atoms with van der Waals surface area (Å²) in [5, 5.41) is 13.6. The third kappa shape index (κ3) is 5.49. The molecule has 4 aliphatic rings. The third-order valence-corrected chi connectivity index (χ3v) is 9.01. The van der Waals surface area contributed by atoms with Gasteiger partial charge < -0.3 is 15.2 Å². The molecule has 0 unspecified atom stereocenters. The molecular formula is C32H35ClN4O4. The first kappa shape index (κ1) is 27.5. The van der Waals surface area contributed by atoms with Gasteiger partial charge in [-0.3, -0.25) is 0 Å². The van der Waals surface area contributed by atoms with Crippen LogP contribution in [0.4, 0.5) is 27.8 Å². The maximum Gasteiger partial charge on any atom is 0.420 e. The number of aromatic carboxylic acids is 1. The standard InChI is InChI=1S/C32H35ClN4O4/c1-31(2,3)41-30(40)37(26-7-5-4-6-23(26)29(38)39)28-18-34-27(17-35-28)36-25-9-8-22(13-24(25)33)32-14-19-10-20(15-32)12-21(11-19)16-32/h4-9,13,17-21H,10-12,14-16H2,1-3H3,(H,34,36)(H,38,39). The summed E-state index contributed by atoms with van der Waals surface area (Å²) in [7, 11) is 0. The molecule has 0 atom stereocenters. The number of halogens is 1. The van der Waals surface area contributed by atoms with Gasteiger partial charge in [0.2, 0.25) is 0 Å². The van der Waals surface area contributed by atoms with Crippen molar-refractivity contribution in [2.45, 2.75) is 70.3 Å². The molecule has 0 spiro atoms. The number of benzene rings is 2. The number of hydrogen-bond acceptors (Lipinski definition) is 6. The van der Waals surface area contributed by atoms with Crippen molar-refractivity contribution < 1.29 is 19.4 Å². The molecule has 214 valence electrons. The number of nitrogens with zero attached hydrogens (tertiary/aromatic N) is 3. The van der Waals surface area contributed by atoms with Gasteiger partial charge in [-0.15, -0.1) is 0 Å². The number of para-hydroxylation sites is 1. The lowest BCUT2D eigenvalue weighted by molar-refractivity contribution is -0.00518. The zero-order valence-corrected chi connectivity index (χ0v) is 24.3. The van der Waals surface area contributed by atoms with Crippen molar-refractivity contribution in [1.29, 1.82) is 0 Å². The van der Waals surface area contributed by atoms with Gasteiger partial charge in [-0.05, 0) is 112 Å². The molecule has 41 heavy (non-hydrogen) atoms. The van der Waals surface area contributed by atoms with Gasteiger partial charge in [0, 0.05) is 0 Å². The molecule has 4 fully saturated rings. The molecule has 0 aliphatic heterocycles. The van der Waals surface area contributed by atoms with Gasteiger partial charge in [0.15, 0.2) is 5.82 Å². The topological polar surface area (TPSA) is 105 Å². The van der Waals surface area contributed by atoms with E-state index in [1.165, 1.54) is 68.6 Å². The molecule has 1 amide bonds. The van der Waals surface area contributed by atoms with Crippen molar-refractivity contribution in [1.82, 2.24) is 9.97 Å². The van der Waals surface area contributed by atoms with Crippen LogP contribution in [0.1, 0.15) is 75.2 Å². The maximum absolute atomic E-state index is 13.2. The van der Waals surface area contributed by atoms with Crippen LogP contribution in [0.2, 0.25) is 5.02 Å². The number of hydrogen-bond donors (Lipinski definition) is 2. The van der Waals surface area contributed by atoms with Crippen LogP contribution in [0.25, 0.3) is 0 Å². The molecule has 0 radical (unpaired) electrons. The molecule has 1 aromatic heterocycles. The average molecular weight is 575 g/mol. The van der Waals surface area contributed by atoms with Crippen molar-refractivity contribution >= 4 is 46.7 Å². The number of carboxylic acid groups (broad SMARTS) is 1. The van der Waals surface area contributed by atoms with Crippen LogP contribution >= 0.6 is 11.6 Å². The SMILES string of the molecule is CC(C)(C)OC(=O)N(c1cnc(Nc2ccc(C34CC5CC(CC(C5)C3)C4)cc2Cl)cn1)c1ccccc1C(=O)O. The van der Waals surface area contributed by atoms with Gasteiger partial charge in [0.1, 0.15) is 11.4 Å². The summed E-state index contributed by atoms with van der Waals surface area (Å²) in [5.74, 6) is 1.96. The summed E-state index contributed by atoms with van der Waals surface area (Å²) in [6.07, 6.45) is 10.1. The smallest absolute Gasteiger partial charge is 0.420 e. The second-order valence-electron chi connectivity index (χ2n) is 12.9. The fourth-order valence-corrected chi connectivity index (χ4v) is 7.75. The van der Waals surface area contributed by atoms with Crippen LogP contribution in [0.15, 0.2) is 54.9 Å². The summed E-state index contributed by atoms with van der Waals surface area (Å²) in [6, 6.07) is 12.5. The number of aromatic nitrogens is 2. The first-order valence-electron chi connectivity index (χ1n) is 14.2. The molecule has 2 N–H and O–H groups in total. The Kier molecular flexibility index (Phi) is 6.92. The number of rotatable bonds is 6. The predicted molar refractivity (Wildman–Crippen MR) is 158 cm³/mol. The second kappa shape index (κ2) is 10.3. The molecule has 4 bridgehead atoms. The molecule has 8 nitrogen and oxygen atoms in total. The summed E-state index contributed by atoms with van der Waals surface area (Å²) in [5.41, 5.74) is 1.60. The Morgan fingerprint density at radius 1 is 1.00 bits per heavy atom. The van der Waals surface area contributed by atoms with Crippen molar-refractivity contribution in [3.05, 3.63) is 71.0 Å². The molecule has 4 aliphatic carbocycles. The Labute approximate surface area is 245 Å². The summed E-state index contributed by atoms with van der Waals surface area (Å²) in [4.78, 5) is 35.2. The molecule has 1 heterocycles. The van der Waals surface area contributed by atoms with E-state index in [4.69, 9.17) is 16.3 Å². The van der Waals surface area contributed by atoms with Gasteiger partial charge in [-0.25, -0.2) is 24.5 Å². The molecule has 0 saturated heterocycles. The van der Waals surface area contributed by atoms with E-state index in [0.717, 1.165) is 28.3 Å². The Bertz CT molecular complexity index is 1450. The molecule has 9 heteroatoms. The Hall–Kier alpha value is -3.65. The number of amides is 1. The summed E-state index contributed by atoms with van der Waals surface area (Å²) >= 11 is 6.80. The van der Waals surface area contributed by atoms with Crippen molar-refractivity contribution in [2.24, 2.45) is 17.8 Å². The minimum absolute atomic E-state index is 0.0618. The highest BCUT2D eigenvalue weighted by Gasteiger charge is 2.51. The van der Waals surface area contributed by atoms with Crippen LogP contribution < -0.4 is 10.2 Å². The zero-order chi connectivity index (χ0) is 28.9. The fourth-order valence-electron chi connectivity index (χ4n) is 7.52. The lowest BCUT2D eigenvalue weighted by Gasteiger charge is -2.57. The number of ether oxygens (including phenoxy) is 1. The van der Waals surface area contributed by atoms with Gasteiger partial charge in [-0.2, -0.15) is 0 Å². The lowest BCUT2D eigenvalue weighted by Crippen LogP contribution is -2.48. The fraction of sp³-hybridized carbons (Fsp3) is 0.438. The third-order valence-electron chi connectivity index (χ3n) is 8.70. The van der Waals surface area contributed by atoms with Crippen molar-refractivity contribution in [3.8, 4) is 0 Å². The van der Waals surface area contributed by atoms with Gasteiger partial charge in [0.25, 0.3) is 0 Å². The predicted octanol–water partition coefficient (Wildman–Crippen LogP) is 8.11. The second-order valence-corrected chi connectivity index (χ2v) is 13.3. The first-order valence-corrected chi connectivity index (χ1v) is 14.6. The maximum atomic E-state index is 13.2. The Morgan fingerprint density at radius 2 is 1.66 bits per heavy atom. The minimum atomic E-state index is -1.17. The van der Waals surface area contributed by atoms with E-state index >= 15 is 0 Å². The number of carbonyl (C=O) groups is 2. The molecule has 4 saturated carbocycles. The molecule has 3 aromatic rings. The zero-order valence-electron chi connectivity index (χ0n) is 23.6. The Balaban J connectivity index is 1.24. The van der Waals surface area contributed by atoms with E-state index in [1.807, 2.05) is 6.07 Å². The monoisotopic (exact) mass is 574 g/mol. The van der Waals surface area contributed by atoms with E-state index in [1.54, 1.807) is 32.9 Å². The van der Waals surface area contributed by atoms with Crippen molar-refractivity contribution in [3.63, 3.8) is 0 Å². The molecular weight excluding hydrogens is 540 g/mol. The van der Waals surface area contributed by atoms with E-state index in [0.29, 0.717) is 10.8 Å². The van der Waals surface area contributed by atoms with E-state index < -0.39 is 17.7 Å². The first-order chi connectivity index (χ1) is 19.5.